The van der Waals surface area contributed by atoms with Crippen molar-refractivity contribution in [2.45, 2.75) is 25.0 Å². The van der Waals surface area contributed by atoms with Gasteiger partial charge in [-0.05, 0) is 25.5 Å². The molecule has 0 amide bonds. The zero-order valence-electron chi connectivity index (χ0n) is 10.00. The van der Waals surface area contributed by atoms with Crippen LogP contribution in [0.2, 0.25) is 0 Å². The van der Waals surface area contributed by atoms with Gasteiger partial charge < -0.3 is 9.21 Å². The summed E-state index contributed by atoms with van der Waals surface area (Å²) in [4.78, 5) is 14.7. The fourth-order valence-corrected chi connectivity index (χ4v) is 2.06. The molecule has 94 valence electrons. The van der Waals surface area contributed by atoms with Crippen molar-refractivity contribution in [3.05, 3.63) is 24.5 Å². The maximum atomic E-state index is 10.8. The Morgan fingerprint density at radius 1 is 1.33 bits per heavy atom. The Labute approximate surface area is 109 Å². The van der Waals surface area contributed by atoms with Gasteiger partial charge in [0, 0.05) is 30.1 Å². The molecule has 0 radical (unpaired) electrons. The van der Waals surface area contributed by atoms with Crippen molar-refractivity contribution in [2.24, 2.45) is 0 Å². The molecule has 6 heteroatoms. The smallest absolute Gasteiger partial charge is 0.276 e. The third-order valence-corrected chi connectivity index (χ3v) is 3.14. The molecule has 0 saturated carbocycles. The zero-order valence-corrected chi connectivity index (χ0v) is 10.8. The van der Waals surface area contributed by atoms with Crippen LogP contribution in [0.5, 0.6) is 0 Å². The van der Waals surface area contributed by atoms with Crippen LogP contribution in [0.1, 0.15) is 19.8 Å². The van der Waals surface area contributed by atoms with Gasteiger partial charge >= 0.3 is 0 Å². The zero-order chi connectivity index (χ0) is 12.8. The van der Waals surface area contributed by atoms with E-state index in [0.717, 1.165) is 17.7 Å². The van der Waals surface area contributed by atoms with E-state index in [9.17, 15) is 4.79 Å². The number of hydrogen-bond donors (Lipinski definition) is 0. The quantitative estimate of drug-likeness (QED) is 0.589. The van der Waals surface area contributed by atoms with E-state index < -0.39 is 0 Å². The fraction of sp³-hybridized carbons (Fsp3) is 0.333. The highest BCUT2D eigenvalue weighted by Crippen LogP contribution is 2.23. The number of carbonyl (C=O) groups excluding carboxylic acids is 1. The van der Waals surface area contributed by atoms with Crippen LogP contribution in [-0.2, 0) is 4.79 Å². The molecule has 0 atom stereocenters. The normalized spacial score (nSPS) is 10.5. The molecule has 5 nitrogen and oxygen atoms in total. The number of ketones is 1. The van der Waals surface area contributed by atoms with Crippen molar-refractivity contribution in [1.29, 1.82) is 0 Å². The lowest BCUT2D eigenvalue weighted by molar-refractivity contribution is -0.117. The second-order valence-corrected chi connectivity index (χ2v) is 4.81. The van der Waals surface area contributed by atoms with Crippen molar-refractivity contribution in [3.63, 3.8) is 0 Å². The molecule has 0 unspecified atom stereocenters. The molecule has 0 aliphatic carbocycles. The standard InChI is InChI=1S/C12H13N3O2S/c1-9(16)3-2-8-18-12-15-14-11(17-12)10-4-6-13-7-5-10/h4-7H,2-3,8H2,1H3. The van der Waals surface area contributed by atoms with Gasteiger partial charge in [0.05, 0.1) is 0 Å². The van der Waals surface area contributed by atoms with Gasteiger partial charge in [0.25, 0.3) is 5.22 Å². The molecule has 2 heterocycles. The molecule has 0 N–H and O–H groups in total. The minimum Gasteiger partial charge on any atom is -0.411 e. The van der Waals surface area contributed by atoms with Crippen molar-refractivity contribution in [2.75, 3.05) is 5.75 Å². The molecule has 0 bridgehead atoms. The summed E-state index contributed by atoms with van der Waals surface area (Å²) in [6.07, 6.45) is 4.78. The molecule has 0 aliphatic rings. The number of carbonyl (C=O) groups is 1. The number of pyridine rings is 1. The summed E-state index contributed by atoms with van der Waals surface area (Å²) < 4.78 is 5.50. The largest absolute Gasteiger partial charge is 0.411 e. The summed E-state index contributed by atoms with van der Waals surface area (Å²) in [5.41, 5.74) is 0.855. The number of Topliss-reactive ketones (excluding diaryl/α,β-unsaturated/α-hetero) is 1. The molecule has 0 spiro atoms. The number of nitrogens with zero attached hydrogens (tertiary/aromatic N) is 3. The van der Waals surface area contributed by atoms with E-state index in [4.69, 9.17) is 4.42 Å². The Morgan fingerprint density at radius 3 is 2.83 bits per heavy atom. The van der Waals surface area contributed by atoms with Crippen LogP contribution in [0.3, 0.4) is 0 Å². The van der Waals surface area contributed by atoms with Gasteiger partial charge in [-0.15, -0.1) is 10.2 Å². The summed E-state index contributed by atoms with van der Waals surface area (Å²) in [6.45, 7) is 1.60. The lowest BCUT2D eigenvalue weighted by atomic mass is 10.3. The molecule has 0 aromatic carbocycles. The molecule has 2 aromatic heterocycles. The highest BCUT2D eigenvalue weighted by Gasteiger charge is 2.08. The predicted octanol–water partition coefficient (Wildman–Crippen LogP) is 2.59. The second kappa shape index (κ2) is 6.30. The molecule has 18 heavy (non-hydrogen) atoms. The summed E-state index contributed by atoms with van der Waals surface area (Å²) in [5, 5.41) is 8.45. The predicted molar refractivity (Wildman–Crippen MR) is 68.2 cm³/mol. The van der Waals surface area contributed by atoms with Crippen LogP contribution in [0, 0.1) is 0 Å². The first-order chi connectivity index (χ1) is 8.75. The van der Waals surface area contributed by atoms with Crippen LogP contribution in [0.15, 0.2) is 34.2 Å². The van der Waals surface area contributed by atoms with Crippen molar-refractivity contribution < 1.29 is 9.21 Å². The highest BCUT2D eigenvalue weighted by molar-refractivity contribution is 7.99. The third-order valence-electron chi connectivity index (χ3n) is 2.23. The number of thioether (sulfide) groups is 1. The van der Waals surface area contributed by atoms with Crippen molar-refractivity contribution >= 4 is 17.5 Å². The number of aromatic nitrogens is 3. The van der Waals surface area contributed by atoms with Gasteiger partial charge in [-0.25, -0.2) is 0 Å². The molecular weight excluding hydrogens is 250 g/mol. The van der Waals surface area contributed by atoms with Gasteiger partial charge in [-0.3, -0.25) is 4.98 Å². The number of hydrogen-bond acceptors (Lipinski definition) is 6. The molecule has 0 fully saturated rings. The second-order valence-electron chi connectivity index (χ2n) is 3.76. The lowest BCUT2D eigenvalue weighted by Crippen LogP contribution is -1.90. The molecule has 2 rings (SSSR count). The minimum absolute atomic E-state index is 0.207. The Morgan fingerprint density at radius 2 is 2.11 bits per heavy atom. The van der Waals surface area contributed by atoms with Gasteiger partial charge in [-0.1, -0.05) is 11.8 Å². The SMILES string of the molecule is CC(=O)CCCSc1nnc(-c2ccncc2)o1. The van der Waals surface area contributed by atoms with E-state index in [0.29, 0.717) is 17.5 Å². The maximum Gasteiger partial charge on any atom is 0.276 e. The first-order valence-electron chi connectivity index (χ1n) is 5.62. The Kier molecular flexibility index (Phi) is 4.46. The van der Waals surface area contributed by atoms with E-state index in [1.807, 2.05) is 12.1 Å². The van der Waals surface area contributed by atoms with Crippen molar-refractivity contribution in [1.82, 2.24) is 15.2 Å². The molecule has 2 aromatic rings. The van der Waals surface area contributed by atoms with Crippen molar-refractivity contribution in [3.8, 4) is 11.5 Å². The molecule has 0 aliphatic heterocycles. The van der Waals surface area contributed by atoms with Crippen LogP contribution in [-0.4, -0.2) is 26.7 Å². The summed E-state index contributed by atoms with van der Waals surface area (Å²) >= 11 is 1.47. The summed E-state index contributed by atoms with van der Waals surface area (Å²) in [5.74, 6) is 1.50. The van der Waals surface area contributed by atoms with Crippen LogP contribution in [0.4, 0.5) is 0 Å². The summed E-state index contributed by atoms with van der Waals surface area (Å²) in [7, 11) is 0. The maximum absolute atomic E-state index is 10.8. The van der Waals surface area contributed by atoms with E-state index in [1.54, 1.807) is 19.3 Å². The van der Waals surface area contributed by atoms with Crippen LogP contribution < -0.4 is 0 Å². The summed E-state index contributed by atoms with van der Waals surface area (Å²) in [6, 6.07) is 3.63. The van der Waals surface area contributed by atoms with E-state index in [2.05, 4.69) is 15.2 Å². The average Bonchev–Trinajstić information content (AvgIpc) is 2.84. The number of rotatable bonds is 6. The Hall–Kier alpha value is -1.69. The minimum atomic E-state index is 0.207. The van der Waals surface area contributed by atoms with Crippen LogP contribution >= 0.6 is 11.8 Å². The van der Waals surface area contributed by atoms with Crippen LogP contribution in [0.25, 0.3) is 11.5 Å². The molecular formula is C12H13N3O2S. The van der Waals surface area contributed by atoms with E-state index in [1.165, 1.54) is 11.8 Å². The Balaban J connectivity index is 1.89. The van der Waals surface area contributed by atoms with E-state index >= 15 is 0 Å². The monoisotopic (exact) mass is 263 g/mol. The van der Waals surface area contributed by atoms with Gasteiger partial charge in [-0.2, -0.15) is 0 Å². The molecule has 0 saturated heterocycles. The van der Waals surface area contributed by atoms with Gasteiger partial charge in [0.2, 0.25) is 5.89 Å². The van der Waals surface area contributed by atoms with Gasteiger partial charge in [0.1, 0.15) is 5.78 Å². The first kappa shape index (κ1) is 12.8. The topological polar surface area (TPSA) is 68.9 Å². The lowest BCUT2D eigenvalue weighted by Gasteiger charge is -1.94. The third kappa shape index (κ3) is 3.66. The highest BCUT2D eigenvalue weighted by atomic mass is 32.2. The fourth-order valence-electron chi connectivity index (χ4n) is 1.36. The Bertz CT molecular complexity index is 513. The average molecular weight is 263 g/mol. The first-order valence-corrected chi connectivity index (χ1v) is 6.60. The van der Waals surface area contributed by atoms with Gasteiger partial charge in [0.15, 0.2) is 0 Å². The van der Waals surface area contributed by atoms with E-state index in [-0.39, 0.29) is 5.78 Å².